The molecule has 1 saturated heterocycles. The van der Waals surface area contributed by atoms with Crippen LogP contribution in [0.2, 0.25) is 0 Å². The molecule has 0 aromatic heterocycles. The van der Waals surface area contributed by atoms with Crippen LogP contribution in [0.1, 0.15) is 12.8 Å². The first kappa shape index (κ1) is 10.9. The second-order valence-corrected chi connectivity index (χ2v) is 4.49. The Morgan fingerprint density at radius 3 is 2.69 bits per heavy atom. The zero-order valence-corrected chi connectivity index (χ0v) is 8.68. The Kier molecular flexibility index (Phi) is 4.59. The molecule has 1 unspecified atom stereocenters. The summed E-state index contributed by atoms with van der Waals surface area (Å²) in [5.74, 6) is 1.94. The van der Waals surface area contributed by atoms with Gasteiger partial charge in [-0.2, -0.15) is 11.8 Å². The third kappa shape index (κ3) is 2.88. The number of aliphatic hydroxyl groups is 1. The topological polar surface area (TPSA) is 46.5 Å². The van der Waals surface area contributed by atoms with E-state index in [1.807, 2.05) is 11.8 Å². The lowest BCUT2D eigenvalue weighted by molar-refractivity contribution is -0.149. The van der Waals surface area contributed by atoms with Crippen LogP contribution in [-0.4, -0.2) is 36.3 Å². The lowest BCUT2D eigenvalue weighted by Crippen LogP contribution is -2.30. The molecule has 0 aromatic rings. The standard InChI is InChI=1S/C9H16O3S/c1-12-9(11)8(6-10)7-2-4-13-5-3-7/h7-8,10H,2-6H2,1H3. The van der Waals surface area contributed by atoms with Gasteiger partial charge in [0.25, 0.3) is 0 Å². The van der Waals surface area contributed by atoms with Crippen molar-refractivity contribution in [2.24, 2.45) is 11.8 Å². The molecular formula is C9H16O3S. The highest BCUT2D eigenvalue weighted by atomic mass is 32.2. The molecule has 76 valence electrons. The van der Waals surface area contributed by atoms with E-state index < -0.39 is 0 Å². The van der Waals surface area contributed by atoms with E-state index in [0.29, 0.717) is 5.92 Å². The summed E-state index contributed by atoms with van der Waals surface area (Å²) in [4.78, 5) is 11.3. The molecule has 0 amide bonds. The van der Waals surface area contributed by atoms with E-state index in [-0.39, 0.29) is 18.5 Å². The number of aliphatic hydroxyl groups excluding tert-OH is 1. The normalized spacial score (nSPS) is 21.1. The first-order chi connectivity index (χ1) is 6.29. The number of rotatable bonds is 3. The molecule has 13 heavy (non-hydrogen) atoms. The van der Waals surface area contributed by atoms with E-state index >= 15 is 0 Å². The van der Waals surface area contributed by atoms with Gasteiger partial charge >= 0.3 is 5.97 Å². The second-order valence-electron chi connectivity index (χ2n) is 3.26. The van der Waals surface area contributed by atoms with Crippen molar-refractivity contribution in [3.63, 3.8) is 0 Å². The van der Waals surface area contributed by atoms with Gasteiger partial charge in [-0.25, -0.2) is 0 Å². The van der Waals surface area contributed by atoms with Crippen LogP contribution < -0.4 is 0 Å². The fourth-order valence-electron chi connectivity index (χ4n) is 1.69. The number of hydrogen-bond donors (Lipinski definition) is 1. The molecular weight excluding hydrogens is 188 g/mol. The molecule has 1 rings (SSSR count). The smallest absolute Gasteiger partial charge is 0.311 e. The van der Waals surface area contributed by atoms with Gasteiger partial charge in [0.1, 0.15) is 0 Å². The average molecular weight is 204 g/mol. The van der Waals surface area contributed by atoms with E-state index in [1.54, 1.807) is 0 Å². The minimum Gasteiger partial charge on any atom is -0.469 e. The molecule has 1 aliphatic rings. The third-order valence-corrected chi connectivity index (χ3v) is 3.58. The summed E-state index contributed by atoms with van der Waals surface area (Å²) in [7, 11) is 1.38. The van der Waals surface area contributed by atoms with E-state index in [9.17, 15) is 4.79 Å². The fourth-order valence-corrected chi connectivity index (χ4v) is 2.83. The Bertz CT molecular complexity index is 166. The summed E-state index contributed by atoms with van der Waals surface area (Å²) in [6.45, 7) is -0.0813. The number of esters is 1. The molecule has 0 saturated carbocycles. The van der Waals surface area contributed by atoms with Crippen molar-refractivity contribution < 1.29 is 14.6 Å². The van der Waals surface area contributed by atoms with Crippen molar-refractivity contribution in [2.75, 3.05) is 25.2 Å². The van der Waals surface area contributed by atoms with Gasteiger partial charge in [0.05, 0.1) is 19.6 Å². The molecule has 1 heterocycles. The van der Waals surface area contributed by atoms with Crippen molar-refractivity contribution in [3.05, 3.63) is 0 Å². The first-order valence-corrected chi connectivity index (χ1v) is 5.71. The zero-order chi connectivity index (χ0) is 9.68. The summed E-state index contributed by atoms with van der Waals surface area (Å²) in [6, 6.07) is 0. The molecule has 0 radical (unpaired) electrons. The molecule has 0 spiro atoms. The van der Waals surface area contributed by atoms with Crippen LogP contribution in [0.4, 0.5) is 0 Å². The number of methoxy groups -OCH3 is 1. The highest BCUT2D eigenvalue weighted by molar-refractivity contribution is 7.99. The van der Waals surface area contributed by atoms with Gasteiger partial charge in [0, 0.05) is 0 Å². The van der Waals surface area contributed by atoms with E-state index in [4.69, 9.17) is 5.11 Å². The molecule has 0 bridgehead atoms. The summed E-state index contributed by atoms with van der Waals surface area (Å²) in [5, 5.41) is 9.07. The van der Waals surface area contributed by atoms with Gasteiger partial charge < -0.3 is 9.84 Å². The van der Waals surface area contributed by atoms with Crippen LogP contribution in [0, 0.1) is 11.8 Å². The number of hydrogen-bond acceptors (Lipinski definition) is 4. The molecule has 0 aliphatic carbocycles. The lowest BCUT2D eigenvalue weighted by atomic mass is 9.88. The van der Waals surface area contributed by atoms with E-state index in [0.717, 1.165) is 24.3 Å². The minimum atomic E-state index is -0.300. The largest absolute Gasteiger partial charge is 0.469 e. The average Bonchev–Trinajstić information content (AvgIpc) is 2.20. The maximum Gasteiger partial charge on any atom is 0.311 e. The van der Waals surface area contributed by atoms with Gasteiger partial charge in [0.2, 0.25) is 0 Å². The molecule has 0 aromatic carbocycles. The summed E-state index contributed by atoms with van der Waals surface area (Å²) < 4.78 is 4.65. The molecule has 1 aliphatic heterocycles. The van der Waals surface area contributed by atoms with Crippen LogP contribution in [0.15, 0.2) is 0 Å². The minimum absolute atomic E-state index is 0.0813. The Labute approximate surface area is 82.8 Å². The van der Waals surface area contributed by atoms with Crippen molar-refractivity contribution >= 4 is 17.7 Å². The SMILES string of the molecule is COC(=O)C(CO)C1CCSCC1. The molecule has 1 atom stereocenters. The second kappa shape index (κ2) is 5.50. The number of carbonyl (C=O) groups is 1. The van der Waals surface area contributed by atoms with Crippen LogP contribution >= 0.6 is 11.8 Å². The van der Waals surface area contributed by atoms with Crippen LogP contribution in [0.5, 0.6) is 0 Å². The summed E-state index contributed by atoms with van der Waals surface area (Å²) in [5.41, 5.74) is 0. The zero-order valence-electron chi connectivity index (χ0n) is 7.86. The molecule has 1 N–H and O–H groups in total. The maximum absolute atomic E-state index is 11.3. The molecule has 3 nitrogen and oxygen atoms in total. The Morgan fingerprint density at radius 1 is 1.62 bits per heavy atom. The molecule has 4 heteroatoms. The van der Waals surface area contributed by atoms with Crippen LogP contribution in [0.3, 0.4) is 0 Å². The van der Waals surface area contributed by atoms with Crippen molar-refractivity contribution in [3.8, 4) is 0 Å². The third-order valence-electron chi connectivity index (χ3n) is 2.54. The van der Waals surface area contributed by atoms with E-state index in [1.165, 1.54) is 7.11 Å². The fraction of sp³-hybridized carbons (Fsp3) is 0.889. The van der Waals surface area contributed by atoms with Crippen molar-refractivity contribution in [2.45, 2.75) is 12.8 Å². The van der Waals surface area contributed by atoms with Crippen LogP contribution in [0.25, 0.3) is 0 Å². The Hall–Kier alpha value is -0.220. The van der Waals surface area contributed by atoms with Gasteiger partial charge in [-0.05, 0) is 30.3 Å². The first-order valence-electron chi connectivity index (χ1n) is 4.56. The van der Waals surface area contributed by atoms with Gasteiger partial charge in [-0.3, -0.25) is 4.79 Å². The predicted octanol–water partition coefficient (Wildman–Crippen LogP) is 0.911. The van der Waals surface area contributed by atoms with Gasteiger partial charge in [-0.1, -0.05) is 0 Å². The van der Waals surface area contributed by atoms with Crippen LogP contribution in [-0.2, 0) is 9.53 Å². The maximum atomic E-state index is 11.3. The summed E-state index contributed by atoms with van der Waals surface area (Å²) >= 11 is 1.91. The van der Waals surface area contributed by atoms with Gasteiger partial charge in [-0.15, -0.1) is 0 Å². The quantitative estimate of drug-likeness (QED) is 0.694. The Morgan fingerprint density at radius 2 is 2.23 bits per heavy atom. The summed E-state index contributed by atoms with van der Waals surface area (Å²) in [6.07, 6.45) is 2.04. The Balaban J connectivity index is 2.48. The highest BCUT2D eigenvalue weighted by Gasteiger charge is 2.29. The molecule has 1 fully saturated rings. The van der Waals surface area contributed by atoms with Crippen molar-refractivity contribution in [1.29, 1.82) is 0 Å². The number of ether oxygens (including phenoxy) is 1. The number of thioether (sulfide) groups is 1. The van der Waals surface area contributed by atoms with Crippen molar-refractivity contribution in [1.82, 2.24) is 0 Å². The van der Waals surface area contributed by atoms with Gasteiger partial charge in [0.15, 0.2) is 0 Å². The number of carbonyl (C=O) groups excluding carboxylic acids is 1. The highest BCUT2D eigenvalue weighted by Crippen LogP contribution is 2.29. The predicted molar refractivity (Wildman–Crippen MR) is 52.6 cm³/mol. The lowest BCUT2D eigenvalue weighted by Gasteiger charge is -2.26. The monoisotopic (exact) mass is 204 g/mol. The van der Waals surface area contributed by atoms with E-state index in [2.05, 4.69) is 4.74 Å².